The molecule has 0 aliphatic carbocycles. The number of carbonyl (C=O) groups excluding carboxylic acids is 1. The molecule has 2 aromatic heterocycles. The van der Waals surface area contributed by atoms with Crippen LogP contribution in [0, 0.1) is 0 Å². The van der Waals surface area contributed by atoms with Crippen molar-refractivity contribution >= 4 is 45.0 Å². The fourth-order valence-electron chi connectivity index (χ4n) is 2.94. The third-order valence-corrected chi connectivity index (χ3v) is 5.50. The molecule has 0 radical (unpaired) electrons. The summed E-state index contributed by atoms with van der Waals surface area (Å²) in [6, 6.07) is 5.39. The molecule has 158 valence electrons. The Bertz CT molecular complexity index is 931. The Morgan fingerprint density at radius 1 is 1.14 bits per heavy atom. The summed E-state index contributed by atoms with van der Waals surface area (Å²) in [4.78, 5) is 21.8. The summed E-state index contributed by atoms with van der Waals surface area (Å²) in [5.41, 5.74) is 1.21. The third kappa shape index (κ3) is 4.80. The molecule has 29 heavy (non-hydrogen) atoms. The van der Waals surface area contributed by atoms with Gasteiger partial charge >= 0.3 is 0 Å². The van der Waals surface area contributed by atoms with E-state index >= 15 is 0 Å². The number of thiazole rings is 1. The van der Waals surface area contributed by atoms with E-state index in [0.717, 1.165) is 17.7 Å². The van der Waals surface area contributed by atoms with Crippen LogP contribution in [-0.2, 0) is 7.05 Å². The maximum absolute atomic E-state index is 13.2. The molecular weight excluding hydrogens is 414 g/mol. The quantitative estimate of drug-likeness (QED) is 0.537. The van der Waals surface area contributed by atoms with Gasteiger partial charge in [0.05, 0.1) is 14.2 Å². The Labute approximate surface area is 180 Å². The van der Waals surface area contributed by atoms with Gasteiger partial charge in [0.15, 0.2) is 5.13 Å². The number of carbonyl (C=O) groups is 1. The first-order chi connectivity index (χ1) is 13.5. The largest absolute Gasteiger partial charge is 0.495 e. The fraction of sp³-hybridized carbons (Fsp3) is 0.421. The third-order valence-electron chi connectivity index (χ3n) is 4.40. The van der Waals surface area contributed by atoms with Gasteiger partial charge in [-0.2, -0.15) is 5.10 Å². The number of rotatable bonds is 8. The van der Waals surface area contributed by atoms with E-state index in [9.17, 15) is 4.79 Å². The van der Waals surface area contributed by atoms with Crippen LogP contribution in [0.15, 0.2) is 24.4 Å². The molecule has 0 aliphatic heterocycles. The average Bonchev–Trinajstić information content (AvgIpc) is 3.30. The number of amides is 1. The second-order valence-corrected chi connectivity index (χ2v) is 7.58. The lowest BCUT2D eigenvalue weighted by atomic mass is 10.3. The van der Waals surface area contributed by atoms with E-state index in [1.807, 2.05) is 26.2 Å². The Balaban J connectivity index is 0.00000300. The molecule has 2 heterocycles. The normalized spacial score (nSPS) is 10.8. The van der Waals surface area contributed by atoms with E-state index in [1.165, 1.54) is 11.3 Å². The van der Waals surface area contributed by atoms with Crippen molar-refractivity contribution in [3.63, 3.8) is 0 Å². The second-order valence-electron chi connectivity index (χ2n) is 6.60. The van der Waals surface area contributed by atoms with Gasteiger partial charge in [-0.25, -0.2) is 4.98 Å². The molecule has 0 bridgehead atoms. The first kappa shape index (κ1) is 22.9. The smallest absolute Gasteiger partial charge is 0.278 e. The van der Waals surface area contributed by atoms with Crippen LogP contribution in [0.4, 0.5) is 5.13 Å². The van der Waals surface area contributed by atoms with E-state index in [1.54, 1.807) is 43.1 Å². The SMILES string of the molecule is COc1ccc(OC)c2sc(N(CCCN(C)C)C(=O)c3ccnn3C)nc12.Cl. The van der Waals surface area contributed by atoms with Gasteiger partial charge in [-0.05, 0) is 45.3 Å². The average molecular weight is 440 g/mol. The molecule has 10 heteroatoms. The van der Waals surface area contributed by atoms with Crippen molar-refractivity contribution in [1.29, 1.82) is 0 Å². The predicted molar refractivity (Wildman–Crippen MR) is 118 cm³/mol. The number of hydrogen-bond donors (Lipinski definition) is 0. The number of aromatic nitrogens is 3. The maximum atomic E-state index is 13.2. The fourth-order valence-corrected chi connectivity index (χ4v) is 4.04. The molecule has 3 aromatic rings. The molecule has 0 aliphatic rings. The topological polar surface area (TPSA) is 72.7 Å². The zero-order chi connectivity index (χ0) is 20.3. The van der Waals surface area contributed by atoms with Gasteiger partial charge < -0.3 is 14.4 Å². The second kappa shape index (κ2) is 9.91. The summed E-state index contributed by atoms with van der Waals surface area (Å²) in [5.74, 6) is 1.23. The Morgan fingerprint density at radius 2 is 1.83 bits per heavy atom. The van der Waals surface area contributed by atoms with Crippen LogP contribution in [0.2, 0.25) is 0 Å². The van der Waals surface area contributed by atoms with Crippen molar-refractivity contribution in [2.45, 2.75) is 6.42 Å². The molecule has 1 amide bonds. The number of benzene rings is 1. The summed E-state index contributed by atoms with van der Waals surface area (Å²) in [6.07, 6.45) is 2.44. The minimum absolute atomic E-state index is 0. The lowest BCUT2D eigenvalue weighted by Gasteiger charge is -2.20. The van der Waals surface area contributed by atoms with Gasteiger partial charge in [0.25, 0.3) is 5.91 Å². The molecule has 0 N–H and O–H groups in total. The maximum Gasteiger partial charge on any atom is 0.278 e. The van der Waals surface area contributed by atoms with Crippen molar-refractivity contribution in [1.82, 2.24) is 19.7 Å². The first-order valence-corrected chi connectivity index (χ1v) is 9.74. The van der Waals surface area contributed by atoms with Crippen LogP contribution >= 0.6 is 23.7 Å². The van der Waals surface area contributed by atoms with Gasteiger partial charge in [-0.15, -0.1) is 12.4 Å². The first-order valence-electron chi connectivity index (χ1n) is 8.92. The van der Waals surface area contributed by atoms with Gasteiger partial charge in [0.2, 0.25) is 0 Å². The zero-order valence-electron chi connectivity index (χ0n) is 17.2. The lowest BCUT2D eigenvalue weighted by Crippen LogP contribution is -2.34. The van der Waals surface area contributed by atoms with Gasteiger partial charge in [-0.1, -0.05) is 11.3 Å². The highest BCUT2D eigenvalue weighted by molar-refractivity contribution is 7.22. The number of ether oxygens (including phenoxy) is 2. The molecule has 3 rings (SSSR count). The minimum atomic E-state index is -0.129. The molecule has 0 saturated carbocycles. The van der Waals surface area contributed by atoms with Gasteiger partial charge in [-0.3, -0.25) is 14.4 Å². The number of hydrogen-bond acceptors (Lipinski definition) is 7. The molecule has 8 nitrogen and oxygen atoms in total. The summed E-state index contributed by atoms with van der Waals surface area (Å²) >= 11 is 1.42. The monoisotopic (exact) mass is 439 g/mol. The van der Waals surface area contributed by atoms with Crippen LogP contribution in [0.1, 0.15) is 16.9 Å². The van der Waals surface area contributed by atoms with Gasteiger partial charge in [0.1, 0.15) is 27.4 Å². The van der Waals surface area contributed by atoms with Crippen LogP contribution in [0.3, 0.4) is 0 Å². The highest BCUT2D eigenvalue weighted by Crippen LogP contribution is 2.40. The molecular formula is C19H26ClN5O3S. The van der Waals surface area contributed by atoms with E-state index in [2.05, 4.69) is 10.00 Å². The van der Waals surface area contributed by atoms with Crippen molar-refractivity contribution in [2.75, 3.05) is 46.3 Å². The summed E-state index contributed by atoms with van der Waals surface area (Å²) in [7, 11) is 9.02. The van der Waals surface area contributed by atoms with E-state index in [0.29, 0.717) is 34.4 Å². The number of aryl methyl sites for hydroxylation is 1. The van der Waals surface area contributed by atoms with Crippen molar-refractivity contribution < 1.29 is 14.3 Å². The van der Waals surface area contributed by atoms with Crippen molar-refractivity contribution in [3.8, 4) is 11.5 Å². The highest BCUT2D eigenvalue weighted by atomic mass is 35.5. The Kier molecular flexibility index (Phi) is 7.83. The number of nitrogens with zero attached hydrogens (tertiary/aromatic N) is 5. The summed E-state index contributed by atoms with van der Waals surface area (Å²) < 4.78 is 13.4. The number of methoxy groups -OCH3 is 2. The van der Waals surface area contributed by atoms with Crippen LogP contribution in [0.25, 0.3) is 10.2 Å². The number of anilines is 1. The van der Waals surface area contributed by atoms with E-state index in [4.69, 9.17) is 14.5 Å². The predicted octanol–water partition coefficient (Wildman–Crippen LogP) is 3.07. The molecule has 0 saturated heterocycles. The van der Waals surface area contributed by atoms with Crippen LogP contribution in [0.5, 0.6) is 11.5 Å². The van der Waals surface area contributed by atoms with Crippen LogP contribution in [-0.4, -0.2) is 67.0 Å². The minimum Gasteiger partial charge on any atom is -0.495 e. The molecule has 0 fully saturated rings. The lowest BCUT2D eigenvalue weighted by molar-refractivity contribution is 0.0977. The molecule has 1 aromatic carbocycles. The summed E-state index contributed by atoms with van der Waals surface area (Å²) in [5, 5.41) is 4.74. The molecule has 0 spiro atoms. The zero-order valence-corrected chi connectivity index (χ0v) is 18.8. The number of fused-ring (bicyclic) bond motifs is 1. The van der Waals surface area contributed by atoms with Gasteiger partial charge in [0, 0.05) is 19.8 Å². The summed E-state index contributed by atoms with van der Waals surface area (Å²) in [6.45, 7) is 1.42. The van der Waals surface area contributed by atoms with Crippen LogP contribution < -0.4 is 14.4 Å². The van der Waals surface area contributed by atoms with E-state index < -0.39 is 0 Å². The van der Waals surface area contributed by atoms with Crippen molar-refractivity contribution in [3.05, 3.63) is 30.1 Å². The van der Waals surface area contributed by atoms with Crippen molar-refractivity contribution in [2.24, 2.45) is 7.05 Å². The highest BCUT2D eigenvalue weighted by Gasteiger charge is 2.25. The Morgan fingerprint density at radius 3 is 2.41 bits per heavy atom. The molecule has 0 unspecified atom stereocenters. The molecule has 0 atom stereocenters. The standard InChI is InChI=1S/C19H25N5O3S.ClH/c1-22(2)11-6-12-24(18(25)13-9-10-20-23(13)3)19-21-16-14(26-4)7-8-15(27-5)17(16)28-19;/h7-10H,6,11-12H2,1-5H3;1H. The van der Waals surface area contributed by atoms with E-state index in [-0.39, 0.29) is 18.3 Å². The number of halogens is 1. The Hall–Kier alpha value is -2.36.